The molecule has 110 valence electrons. The molecule has 0 heterocycles. The summed E-state index contributed by atoms with van der Waals surface area (Å²) in [6.45, 7) is 3.99. The summed E-state index contributed by atoms with van der Waals surface area (Å²) in [4.78, 5) is 0. The Morgan fingerprint density at radius 3 is 2.05 bits per heavy atom. The van der Waals surface area contributed by atoms with Crippen LogP contribution in [0, 0.1) is 0 Å². The minimum Gasteiger partial charge on any atom is -0.748 e. The number of rotatable bonds is 11. The number of hydrogen-bond donors (Lipinski definition) is 1. The number of aliphatic hydroxyl groups is 1. The van der Waals surface area contributed by atoms with Gasteiger partial charge in [-0.05, 0) is 25.7 Å². The fourth-order valence-corrected chi connectivity index (χ4v) is 3.03. The van der Waals surface area contributed by atoms with E-state index in [9.17, 15) is 18.1 Å². The van der Waals surface area contributed by atoms with Crippen LogP contribution in [0.3, 0.4) is 0 Å². The molecule has 0 spiro atoms. The summed E-state index contributed by atoms with van der Waals surface area (Å²) in [5, 5.41) is 8.91. The molecule has 0 aromatic rings. The monoisotopic (exact) mass is 302 g/mol. The van der Waals surface area contributed by atoms with Gasteiger partial charge in [0.25, 0.3) is 0 Å². The third-order valence-corrected chi connectivity index (χ3v) is 4.52. The van der Waals surface area contributed by atoms with E-state index in [4.69, 9.17) is 0 Å². The van der Waals surface area contributed by atoms with E-state index in [1.165, 1.54) is 6.42 Å². The van der Waals surface area contributed by atoms with Gasteiger partial charge < -0.3 is 9.66 Å². The van der Waals surface area contributed by atoms with Gasteiger partial charge in [-0.2, -0.15) is 0 Å². The molecule has 4 nitrogen and oxygen atoms in total. The Bertz CT molecular complexity index is 293. The maximum absolute atomic E-state index is 11.0. The van der Waals surface area contributed by atoms with Crippen molar-refractivity contribution in [3.05, 3.63) is 0 Å². The topological polar surface area (TPSA) is 77.4 Å². The molecule has 0 aromatic heterocycles. The molecule has 2 unspecified atom stereocenters. The summed E-state index contributed by atoms with van der Waals surface area (Å²) in [6.07, 6.45) is 6.41. The summed E-state index contributed by atoms with van der Waals surface area (Å²) in [7, 11) is -4.21. The van der Waals surface area contributed by atoms with Crippen LogP contribution in [0.4, 0.5) is 0 Å². The molecule has 19 heavy (non-hydrogen) atoms. The van der Waals surface area contributed by atoms with Crippen molar-refractivity contribution < 1.29 is 47.6 Å². The average molecular weight is 302 g/mol. The van der Waals surface area contributed by atoms with Gasteiger partial charge in [-0.15, -0.1) is 0 Å². The van der Waals surface area contributed by atoms with E-state index in [-0.39, 0.29) is 36.0 Å². The second kappa shape index (κ2) is 12.6. The van der Waals surface area contributed by atoms with E-state index < -0.39 is 21.5 Å². The zero-order valence-electron chi connectivity index (χ0n) is 12.6. The first-order valence-electron chi connectivity index (χ1n) is 7.04. The standard InChI is InChI=1S/C13H28O4S.Na/c1-3-5-6-7-9-12(14)10-11-13(8-4-2)18(15,16)17;/h12-14H,3-11H2,1-2H3,(H,15,16,17);/q;+1/p-1. The molecule has 0 bridgehead atoms. The van der Waals surface area contributed by atoms with Crippen molar-refractivity contribution in [1.82, 2.24) is 0 Å². The van der Waals surface area contributed by atoms with E-state index in [1.54, 1.807) is 0 Å². The Kier molecular flexibility index (Phi) is 14.7. The van der Waals surface area contributed by atoms with E-state index in [0.29, 0.717) is 25.7 Å². The largest absolute Gasteiger partial charge is 1.00 e. The molecule has 0 fully saturated rings. The van der Waals surface area contributed by atoms with Crippen molar-refractivity contribution in [2.75, 3.05) is 0 Å². The van der Waals surface area contributed by atoms with Crippen molar-refractivity contribution in [3.63, 3.8) is 0 Å². The molecule has 0 aliphatic rings. The van der Waals surface area contributed by atoms with Gasteiger partial charge in [-0.25, -0.2) is 8.42 Å². The van der Waals surface area contributed by atoms with Crippen molar-refractivity contribution in [2.24, 2.45) is 0 Å². The Labute approximate surface area is 140 Å². The van der Waals surface area contributed by atoms with Crippen LogP contribution in [0.25, 0.3) is 0 Å². The van der Waals surface area contributed by atoms with Crippen LogP contribution in [0.5, 0.6) is 0 Å². The molecule has 2 atom stereocenters. The SMILES string of the molecule is CCCCCCC(O)CCC(CCC)S(=O)(=O)[O-].[Na+]. The predicted octanol–water partition coefficient (Wildman–Crippen LogP) is -0.184. The number of aliphatic hydroxyl groups excluding tert-OH is 1. The maximum atomic E-state index is 11.0. The quantitative estimate of drug-likeness (QED) is 0.326. The van der Waals surface area contributed by atoms with Crippen molar-refractivity contribution >= 4 is 10.1 Å². The smallest absolute Gasteiger partial charge is 0.748 e. The van der Waals surface area contributed by atoms with Gasteiger partial charge in [0.1, 0.15) is 0 Å². The molecule has 0 aromatic carbocycles. The zero-order chi connectivity index (χ0) is 14.0. The first kappa shape index (κ1) is 22.2. The molecular weight excluding hydrogens is 275 g/mol. The maximum Gasteiger partial charge on any atom is 1.00 e. The van der Waals surface area contributed by atoms with Crippen LogP contribution in [0.2, 0.25) is 0 Å². The molecule has 0 saturated heterocycles. The fourth-order valence-electron chi connectivity index (χ4n) is 2.08. The number of unbranched alkanes of at least 4 members (excludes halogenated alkanes) is 3. The zero-order valence-corrected chi connectivity index (χ0v) is 15.4. The van der Waals surface area contributed by atoms with Crippen LogP contribution in [0.15, 0.2) is 0 Å². The average Bonchev–Trinajstić information content (AvgIpc) is 2.28. The Hall–Kier alpha value is 0.870. The van der Waals surface area contributed by atoms with E-state index in [0.717, 1.165) is 19.3 Å². The molecule has 0 rings (SSSR count). The van der Waals surface area contributed by atoms with Gasteiger partial charge >= 0.3 is 29.6 Å². The molecule has 1 N–H and O–H groups in total. The molecule has 0 aliphatic carbocycles. The molecule has 6 heteroatoms. The van der Waals surface area contributed by atoms with Crippen LogP contribution >= 0.6 is 0 Å². The third-order valence-electron chi connectivity index (χ3n) is 3.23. The second-order valence-corrected chi connectivity index (χ2v) is 6.64. The van der Waals surface area contributed by atoms with E-state index in [1.807, 2.05) is 6.92 Å². The molecule has 0 amide bonds. The Balaban J connectivity index is 0. The van der Waals surface area contributed by atoms with Crippen molar-refractivity contribution in [1.29, 1.82) is 0 Å². The van der Waals surface area contributed by atoms with Crippen LogP contribution < -0.4 is 29.6 Å². The van der Waals surface area contributed by atoms with Gasteiger partial charge in [0.05, 0.1) is 16.2 Å². The van der Waals surface area contributed by atoms with Gasteiger partial charge in [-0.1, -0.05) is 46.0 Å². The van der Waals surface area contributed by atoms with Gasteiger partial charge in [0, 0.05) is 5.25 Å². The van der Waals surface area contributed by atoms with Crippen LogP contribution in [-0.4, -0.2) is 29.4 Å². The third kappa shape index (κ3) is 12.3. The summed E-state index contributed by atoms with van der Waals surface area (Å²) in [5.74, 6) is 0. The van der Waals surface area contributed by atoms with Crippen LogP contribution in [-0.2, 0) is 10.1 Å². The minimum absolute atomic E-state index is 0. The summed E-state index contributed by atoms with van der Waals surface area (Å²) in [5.41, 5.74) is 0. The summed E-state index contributed by atoms with van der Waals surface area (Å²) >= 11 is 0. The van der Waals surface area contributed by atoms with Gasteiger partial charge in [0.2, 0.25) is 0 Å². The van der Waals surface area contributed by atoms with Gasteiger partial charge in [-0.3, -0.25) is 0 Å². The summed E-state index contributed by atoms with van der Waals surface area (Å²) in [6, 6.07) is 0. The van der Waals surface area contributed by atoms with Crippen molar-refractivity contribution in [3.8, 4) is 0 Å². The molecule has 0 radical (unpaired) electrons. The molecular formula is C13H27NaO4S. The minimum atomic E-state index is -4.21. The Morgan fingerprint density at radius 2 is 1.58 bits per heavy atom. The first-order valence-corrected chi connectivity index (χ1v) is 8.51. The van der Waals surface area contributed by atoms with Crippen molar-refractivity contribution in [2.45, 2.75) is 83.0 Å². The fraction of sp³-hybridized carbons (Fsp3) is 1.00. The molecule has 0 saturated carbocycles. The summed E-state index contributed by atoms with van der Waals surface area (Å²) < 4.78 is 33.0. The Morgan fingerprint density at radius 1 is 0.947 bits per heavy atom. The molecule has 0 aliphatic heterocycles. The normalized spacial score (nSPS) is 14.7. The van der Waals surface area contributed by atoms with E-state index >= 15 is 0 Å². The van der Waals surface area contributed by atoms with Crippen LogP contribution in [0.1, 0.15) is 71.6 Å². The van der Waals surface area contributed by atoms with Gasteiger partial charge in [0.15, 0.2) is 0 Å². The number of hydrogen-bond acceptors (Lipinski definition) is 4. The second-order valence-electron chi connectivity index (χ2n) is 4.98. The van der Waals surface area contributed by atoms with E-state index in [2.05, 4.69) is 6.92 Å². The predicted molar refractivity (Wildman–Crippen MR) is 72.4 cm³/mol. The first-order chi connectivity index (χ1) is 8.41.